The molecule has 134 valence electrons. The Bertz CT molecular complexity index is 911. The van der Waals surface area contributed by atoms with Gasteiger partial charge in [-0.05, 0) is 18.2 Å². The zero-order chi connectivity index (χ0) is 18.8. The molecule has 0 fully saturated rings. The smallest absolute Gasteiger partial charge is 0.420 e. The Labute approximate surface area is 139 Å². The number of hydrogen-bond donors (Lipinski definition) is 0. The largest absolute Gasteiger partial charge is 0.495 e. The van der Waals surface area contributed by atoms with Crippen molar-refractivity contribution in [3.8, 4) is 11.5 Å². The Morgan fingerprint density at radius 3 is 2.28 bits per heavy atom. The predicted octanol–water partition coefficient (Wildman–Crippen LogP) is 3.39. The second kappa shape index (κ2) is 6.59. The first-order chi connectivity index (χ1) is 11.6. The highest BCUT2D eigenvalue weighted by molar-refractivity contribution is 7.87. The van der Waals surface area contributed by atoms with Gasteiger partial charge in [0.2, 0.25) is 0 Å². The molecule has 0 unspecified atom stereocenters. The van der Waals surface area contributed by atoms with Crippen LogP contribution in [-0.4, -0.2) is 20.5 Å². The lowest BCUT2D eigenvalue weighted by Crippen LogP contribution is -2.15. The van der Waals surface area contributed by atoms with E-state index in [1.807, 2.05) is 0 Å². The molecule has 0 radical (unpaired) electrons. The zero-order valence-corrected chi connectivity index (χ0v) is 13.3. The zero-order valence-electron chi connectivity index (χ0n) is 12.5. The highest BCUT2D eigenvalue weighted by Crippen LogP contribution is 2.38. The topological polar surface area (TPSA) is 95.7 Å². The molecule has 0 saturated heterocycles. The van der Waals surface area contributed by atoms with Gasteiger partial charge in [0.1, 0.15) is 5.75 Å². The van der Waals surface area contributed by atoms with E-state index in [4.69, 9.17) is 4.74 Å². The minimum atomic E-state index is -4.85. The Morgan fingerprint density at radius 1 is 1.08 bits per heavy atom. The average molecular weight is 377 g/mol. The van der Waals surface area contributed by atoms with Crippen molar-refractivity contribution in [1.82, 2.24) is 0 Å². The summed E-state index contributed by atoms with van der Waals surface area (Å²) >= 11 is 0. The summed E-state index contributed by atoms with van der Waals surface area (Å²) in [6.07, 6.45) is -4.85. The van der Waals surface area contributed by atoms with Crippen LogP contribution in [0.25, 0.3) is 0 Å². The molecule has 0 saturated carbocycles. The van der Waals surface area contributed by atoms with Crippen LogP contribution in [0.1, 0.15) is 5.56 Å². The molecule has 2 aromatic carbocycles. The number of para-hydroxylation sites is 1. The first kappa shape index (κ1) is 18.5. The van der Waals surface area contributed by atoms with Crippen LogP contribution in [0, 0.1) is 10.1 Å². The summed E-state index contributed by atoms with van der Waals surface area (Å²) in [4.78, 5) is 9.18. The second-order valence-corrected chi connectivity index (χ2v) is 6.14. The second-order valence-electron chi connectivity index (χ2n) is 4.62. The molecule has 0 aliphatic heterocycles. The molecule has 0 bridgehead atoms. The Kier molecular flexibility index (Phi) is 4.88. The first-order valence-electron chi connectivity index (χ1n) is 6.49. The van der Waals surface area contributed by atoms with E-state index in [1.165, 1.54) is 0 Å². The monoisotopic (exact) mass is 377 g/mol. The number of alkyl halides is 3. The third-order valence-corrected chi connectivity index (χ3v) is 4.28. The number of halogens is 3. The molecule has 0 N–H and O–H groups in total. The Balaban J connectivity index is 2.55. The van der Waals surface area contributed by atoms with E-state index in [-0.39, 0.29) is 5.75 Å². The summed E-state index contributed by atoms with van der Waals surface area (Å²) in [7, 11) is -3.72. The summed E-state index contributed by atoms with van der Waals surface area (Å²) in [6, 6.07) is 6.33. The van der Waals surface area contributed by atoms with Crippen molar-refractivity contribution in [3.63, 3.8) is 0 Å². The SMILES string of the molecule is COc1ccc([N+](=O)[O-])cc1S(=O)(=O)Oc1ccccc1C(F)(F)F. The van der Waals surface area contributed by atoms with Crippen molar-refractivity contribution >= 4 is 15.8 Å². The van der Waals surface area contributed by atoms with E-state index in [1.54, 1.807) is 0 Å². The molecule has 0 atom stereocenters. The van der Waals surface area contributed by atoms with Crippen LogP contribution < -0.4 is 8.92 Å². The Morgan fingerprint density at radius 2 is 1.72 bits per heavy atom. The van der Waals surface area contributed by atoms with Crippen LogP contribution in [0.3, 0.4) is 0 Å². The fourth-order valence-electron chi connectivity index (χ4n) is 1.91. The van der Waals surface area contributed by atoms with E-state index < -0.39 is 43.1 Å². The molecule has 25 heavy (non-hydrogen) atoms. The van der Waals surface area contributed by atoms with Crippen LogP contribution in [0.2, 0.25) is 0 Å². The number of ether oxygens (including phenoxy) is 1. The summed E-state index contributed by atoms with van der Waals surface area (Å²) in [6.45, 7) is 0. The van der Waals surface area contributed by atoms with Gasteiger partial charge < -0.3 is 8.92 Å². The lowest BCUT2D eigenvalue weighted by atomic mass is 10.2. The molecule has 0 aromatic heterocycles. The number of benzene rings is 2. The highest BCUT2D eigenvalue weighted by atomic mass is 32.2. The van der Waals surface area contributed by atoms with Crippen LogP contribution >= 0.6 is 0 Å². The quantitative estimate of drug-likeness (QED) is 0.450. The molecule has 7 nitrogen and oxygen atoms in total. The molecule has 0 heterocycles. The molecule has 0 amide bonds. The molecule has 2 rings (SSSR count). The van der Waals surface area contributed by atoms with Crippen molar-refractivity contribution in [2.45, 2.75) is 11.1 Å². The number of nitro benzene ring substituents is 1. The van der Waals surface area contributed by atoms with Gasteiger partial charge in [-0.2, -0.15) is 21.6 Å². The van der Waals surface area contributed by atoms with Gasteiger partial charge in [-0.15, -0.1) is 0 Å². The molecule has 2 aromatic rings. The van der Waals surface area contributed by atoms with Crippen LogP contribution in [-0.2, 0) is 16.3 Å². The lowest BCUT2D eigenvalue weighted by molar-refractivity contribution is -0.385. The van der Waals surface area contributed by atoms with Crippen molar-refractivity contribution < 1.29 is 35.4 Å². The van der Waals surface area contributed by atoms with Crippen molar-refractivity contribution in [2.24, 2.45) is 0 Å². The van der Waals surface area contributed by atoms with E-state index in [2.05, 4.69) is 4.18 Å². The number of methoxy groups -OCH3 is 1. The fourth-order valence-corrected chi connectivity index (χ4v) is 3.05. The minimum absolute atomic E-state index is 0.310. The molecular formula is C14H10F3NO6S. The van der Waals surface area contributed by atoms with Gasteiger partial charge in [0, 0.05) is 12.1 Å². The van der Waals surface area contributed by atoms with Gasteiger partial charge in [-0.1, -0.05) is 12.1 Å². The highest BCUT2D eigenvalue weighted by Gasteiger charge is 2.36. The molecular weight excluding hydrogens is 367 g/mol. The predicted molar refractivity (Wildman–Crippen MR) is 78.9 cm³/mol. The van der Waals surface area contributed by atoms with Crippen LogP contribution in [0.4, 0.5) is 18.9 Å². The summed E-state index contributed by atoms with van der Waals surface area (Å²) in [5.41, 5.74) is -1.89. The maximum absolute atomic E-state index is 13.0. The summed E-state index contributed by atoms with van der Waals surface area (Å²) < 4.78 is 72.9. The molecule has 11 heteroatoms. The molecule has 0 aliphatic carbocycles. The Hall–Kier alpha value is -2.82. The summed E-state index contributed by atoms with van der Waals surface area (Å²) in [5, 5.41) is 10.8. The third-order valence-electron chi connectivity index (χ3n) is 3.02. The van der Waals surface area contributed by atoms with Gasteiger partial charge in [-0.3, -0.25) is 10.1 Å². The maximum atomic E-state index is 13.0. The maximum Gasteiger partial charge on any atom is 0.420 e. The van der Waals surface area contributed by atoms with Gasteiger partial charge >= 0.3 is 16.3 Å². The fraction of sp³-hybridized carbons (Fsp3) is 0.143. The first-order valence-corrected chi connectivity index (χ1v) is 7.90. The van der Waals surface area contributed by atoms with E-state index in [0.29, 0.717) is 12.1 Å². The minimum Gasteiger partial charge on any atom is -0.495 e. The summed E-state index contributed by atoms with van der Waals surface area (Å²) in [5.74, 6) is -1.27. The van der Waals surface area contributed by atoms with E-state index in [9.17, 15) is 31.7 Å². The number of nitro groups is 1. The van der Waals surface area contributed by atoms with E-state index in [0.717, 1.165) is 37.4 Å². The number of nitrogens with zero attached hydrogens (tertiary/aromatic N) is 1. The number of rotatable bonds is 5. The number of non-ortho nitro benzene ring substituents is 1. The van der Waals surface area contributed by atoms with Gasteiger partial charge in [0.25, 0.3) is 5.69 Å². The average Bonchev–Trinajstić information content (AvgIpc) is 2.53. The third kappa shape index (κ3) is 3.99. The molecule has 0 spiro atoms. The number of hydrogen-bond acceptors (Lipinski definition) is 6. The van der Waals surface area contributed by atoms with Crippen molar-refractivity contribution in [3.05, 3.63) is 58.1 Å². The van der Waals surface area contributed by atoms with Crippen LogP contribution in [0.5, 0.6) is 11.5 Å². The molecule has 0 aliphatic rings. The van der Waals surface area contributed by atoms with Crippen molar-refractivity contribution in [1.29, 1.82) is 0 Å². The van der Waals surface area contributed by atoms with Crippen molar-refractivity contribution in [2.75, 3.05) is 7.11 Å². The van der Waals surface area contributed by atoms with Crippen LogP contribution in [0.15, 0.2) is 47.4 Å². The van der Waals surface area contributed by atoms with Gasteiger partial charge in [0.05, 0.1) is 17.6 Å². The van der Waals surface area contributed by atoms with Gasteiger partial charge in [0.15, 0.2) is 10.6 Å². The lowest BCUT2D eigenvalue weighted by Gasteiger charge is -2.14. The normalized spacial score (nSPS) is 11.8. The van der Waals surface area contributed by atoms with Gasteiger partial charge in [-0.25, -0.2) is 0 Å². The van der Waals surface area contributed by atoms with E-state index >= 15 is 0 Å². The standard InChI is InChI=1S/C14H10F3NO6S/c1-23-12-7-6-9(18(19)20)8-13(12)25(21,22)24-11-5-3-2-4-10(11)14(15,16)17/h2-8H,1H3.